The molecule has 0 bridgehead atoms. The molecule has 2 amide bonds. The molecule has 34 heavy (non-hydrogen) atoms. The van der Waals surface area contributed by atoms with Crippen molar-refractivity contribution in [3.05, 3.63) is 131 Å². The fourth-order valence-electron chi connectivity index (χ4n) is 4.79. The second-order valence-corrected chi connectivity index (χ2v) is 8.61. The maximum absolute atomic E-state index is 11.7. The molecule has 2 aliphatic rings. The molecule has 0 saturated heterocycles. The molecule has 0 saturated carbocycles. The Hall–Kier alpha value is -4.18. The van der Waals surface area contributed by atoms with Crippen LogP contribution in [-0.4, -0.2) is 11.8 Å². The molecule has 4 aromatic carbocycles. The predicted molar refractivity (Wildman–Crippen MR) is 136 cm³/mol. The van der Waals surface area contributed by atoms with Gasteiger partial charge in [-0.3, -0.25) is 9.59 Å². The van der Waals surface area contributed by atoms with Gasteiger partial charge in [-0.05, 0) is 34.4 Å². The van der Waals surface area contributed by atoms with Crippen LogP contribution < -0.4 is 10.6 Å². The van der Waals surface area contributed by atoms with Crippen LogP contribution in [0, 0.1) is 0 Å². The first kappa shape index (κ1) is 21.7. The smallest absolute Gasteiger partial charge is 0.225 e. The molecular weight excluding hydrogens is 420 g/mol. The predicted octanol–water partition coefficient (Wildman–Crippen LogP) is 6.32. The van der Waals surface area contributed by atoms with Gasteiger partial charge in [-0.15, -0.1) is 0 Å². The van der Waals surface area contributed by atoms with E-state index in [0.29, 0.717) is 12.8 Å². The fraction of sp³-hybridized carbons (Fsp3) is 0.133. The minimum absolute atomic E-state index is 0.0950. The highest BCUT2D eigenvalue weighted by atomic mass is 16.2. The van der Waals surface area contributed by atoms with Gasteiger partial charge in [0.2, 0.25) is 11.8 Å². The third-order valence-corrected chi connectivity index (χ3v) is 6.40. The Morgan fingerprint density at radius 2 is 0.824 bits per heavy atom. The van der Waals surface area contributed by atoms with E-state index in [4.69, 9.17) is 0 Å². The molecule has 4 aromatic rings. The number of rotatable bonds is 2. The van der Waals surface area contributed by atoms with Crippen molar-refractivity contribution in [2.45, 2.75) is 24.7 Å². The largest absolute Gasteiger partial charge is 0.326 e. The lowest BCUT2D eigenvalue weighted by Crippen LogP contribution is -2.23. The average molecular weight is 447 g/mol. The highest BCUT2D eigenvalue weighted by Gasteiger charge is 2.26. The number of amides is 2. The maximum Gasteiger partial charge on any atom is 0.225 e. The number of para-hydroxylation sites is 2. The normalized spacial score (nSPS) is 18.4. The highest BCUT2D eigenvalue weighted by Crippen LogP contribution is 2.37. The van der Waals surface area contributed by atoms with Crippen molar-refractivity contribution in [3.8, 4) is 0 Å². The first-order valence-corrected chi connectivity index (χ1v) is 11.6. The first-order valence-electron chi connectivity index (χ1n) is 11.6. The quantitative estimate of drug-likeness (QED) is 0.378. The van der Waals surface area contributed by atoms with E-state index >= 15 is 0 Å². The van der Waals surface area contributed by atoms with Gasteiger partial charge < -0.3 is 10.6 Å². The van der Waals surface area contributed by atoms with Gasteiger partial charge in [0.1, 0.15) is 0 Å². The molecule has 0 spiro atoms. The second-order valence-electron chi connectivity index (χ2n) is 8.61. The van der Waals surface area contributed by atoms with Gasteiger partial charge in [-0.2, -0.15) is 0 Å². The van der Waals surface area contributed by atoms with Gasteiger partial charge in [0.15, 0.2) is 0 Å². The van der Waals surface area contributed by atoms with Crippen LogP contribution in [0.1, 0.15) is 46.9 Å². The Kier molecular flexibility index (Phi) is 6.21. The number of anilines is 2. The van der Waals surface area contributed by atoms with Gasteiger partial charge in [-0.25, -0.2) is 0 Å². The summed E-state index contributed by atoms with van der Waals surface area (Å²) in [5, 5.41) is 5.84. The summed E-state index contributed by atoms with van der Waals surface area (Å²) in [5.41, 5.74) is 6.71. The van der Waals surface area contributed by atoms with Crippen molar-refractivity contribution in [3.63, 3.8) is 0 Å². The SMILES string of the molecule is O=C1CC(c2ccccc2)c2ccccc2N1.O=C1CC(c2ccccc2)c2ccccc2N1. The van der Waals surface area contributed by atoms with Gasteiger partial charge >= 0.3 is 0 Å². The molecule has 0 aliphatic carbocycles. The van der Waals surface area contributed by atoms with Crippen molar-refractivity contribution >= 4 is 23.2 Å². The molecule has 2 unspecified atom stereocenters. The molecule has 2 N–H and O–H groups in total. The zero-order valence-electron chi connectivity index (χ0n) is 18.8. The summed E-state index contributed by atoms with van der Waals surface area (Å²) in [6, 6.07) is 36.4. The van der Waals surface area contributed by atoms with E-state index in [1.54, 1.807) is 0 Å². The molecule has 4 heteroatoms. The van der Waals surface area contributed by atoms with E-state index in [-0.39, 0.29) is 23.7 Å². The third-order valence-electron chi connectivity index (χ3n) is 6.40. The van der Waals surface area contributed by atoms with E-state index in [9.17, 15) is 9.59 Å². The van der Waals surface area contributed by atoms with Crippen molar-refractivity contribution in [1.29, 1.82) is 0 Å². The monoisotopic (exact) mass is 446 g/mol. The molecule has 2 aliphatic heterocycles. The number of carbonyl (C=O) groups is 2. The molecular formula is C30H26N2O2. The Morgan fingerprint density at radius 1 is 0.471 bits per heavy atom. The number of fused-ring (bicyclic) bond motifs is 2. The number of hydrogen-bond donors (Lipinski definition) is 2. The number of nitrogens with one attached hydrogen (secondary N) is 2. The van der Waals surface area contributed by atoms with Gasteiger partial charge in [0.25, 0.3) is 0 Å². The topological polar surface area (TPSA) is 58.2 Å². The van der Waals surface area contributed by atoms with E-state index in [1.165, 1.54) is 22.3 Å². The Bertz CT molecular complexity index is 1200. The lowest BCUT2D eigenvalue weighted by Gasteiger charge is -2.25. The van der Waals surface area contributed by atoms with Crippen molar-refractivity contribution < 1.29 is 9.59 Å². The summed E-state index contributed by atoms with van der Waals surface area (Å²) in [5.74, 6) is 0.553. The minimum Gasteiger partial charge on any atom is -0.326 e. The average Bonchev–Trinajstić information content (AvgIpc) is 2.89. The van der Waals surface area contributed by atoms with Crippen LogP contribution in [0.25, 0.3) is 0 Å². The standard InChI is InChI=1S/2C15H13NO/c2*17-15-10-13(11-6-2-1-3-7-11)12-8-4-5-9-14(12)16-15/h2*1-9,13H,10H2,(H,16,17). The summed E-state index contributed by atoms with van der Waals surface area (Å²) in [6.07, 6.45) is 1.06. The van der Waals surface area contributed by atoms with Crippen molar-refractivity contribution in [2.75, 3.05) is 10.6 Å². The van der Waals surface area contributed by atoms with Gasteiger partial charge in [-0.1, -0.05) is 97.1 Å². The molecule has 0 aromatic heterocycles. The number of hydrogen-bond acceptors (Lipinski definition) is 2. The van der Waals surface area contributed by atoms with Gasteiger partial charge in [0, 0.05) is 36.1 Å². The van der Waals surface area contributed by atoms with Crippen LogP contribution in [0.4, 0.5) is 11.4 Å². The number of carbonyl (C=O) groups excluding carboxylic acids is 2. The number of benzene rings is 4. The lowest BCUT2D eigenvalue weighted by atomic mass is 9.85. The second kappa shape index (κ2) is 9.75. The Labute approximate surface area is 199 Å². The van der Waals surface area contributed by atoms with Crippen molar-refractivity contribution in [1.82, 2.24) is 0 Å². The van der Waals surface area contributed by atoms with E-state index in [2.05, 4.69) is 47.0 Å². The van der Waals surface area contributed by atoms with E-state index < -0.39 is 0 Å². The zero-order chi connectivity index (χ0) is 23.3. The van der Waals surface area contributed by atoms with Crippen LogP contribution in [-0.2, 0) is 9.59 Å². The minimum atomic E-state index is 0.0950. The van der Waals surface area contributed by atoms with E-state index in [0.717, 1.165) is 11.4 Å². The lowest BCUT2D eigenvalue weighted by molar-refractivity contribution is -0.117. The van der Waals surface area contributed by atoms with Crippen molar-refractivity contribution in [2.24, 2.45) is 0 Å². The van der Waals surface area contributed by atoms with Crippen LogP contribution in [0.5, 0.6) is 0 Å². The summed E-state index contributed by atoms with van der Waals surface area (Å²) in [4.78, 5) is 23.4. The van der Waals surface area contributed by atoms with Crippen LogP contribution in [0.3, 0.4) is 0 Å². The van der Waals surface area contributed by atoms with Gasteiger partial charge in [0.05, 0.1) is 0 Å². The summed E-state index contributed by atoms with van der Waals surface area (Å²) in [6.45, 7) is 0. The highest BCUT2D eigenvalue weighted by molar-refractivity contribution is 5.96. The Balaban J connectivity index is 0.000000142. The summed E-state index contributed by atoms with van der Waals surface area (Å²) >= 11 is 0. The fourth-order valence-corrected chi connectivity index (χ4v) is 4.79. The molecule has 4 nitrogen and oxygen atoms in total. The zero-order valence-corrected chi connectivity index (χ0v) is 18.8. The first-order chi connectivity index (χ1) is 16.7. The third kappa shape index (κ3) is 4.62. The molecule has 6 rings (SSSR count). The van der Waals surface area contributed by atoms with Crippen LogP contribution >= 0.6 is 0 Å². The molecule has 2 heterocycles. The Morgan fingerprint density at radius 3 is 1.24 bits per heavy atom. The maximum atomic E-state index is 11.7. The molecule has 0 fully saturated rings. The molecule has 0 radical (unpaired) electrons. The summed E-state index contributed by atoms with van der Waals surface area (Å²) < 4.78 is 0. The molecule has 168 valence electrons. The van der Waals surface area contributed by atoms with Crippen LogP contribution in [0.2, 0.25) is 0 Å². The molecule has 2 atom stereocenters. The van der Waals surface area contributed by atoms with Crippen LogP contribution in [0.15, 0.2) is 109 Å². The summed E-state index contributed by atoms with van der Waals surface area (Å²) in [7, 11) is 0. The van der Waals surface area contributed by atoms with E-state index in [1.807, 2.05) is 72.8 Å².